The van der Waals surface area contributed by atoms with Gasteiger partial charge in [0, 0.05) is 5.56 Å². The number of aryl methyl sites for hydroxylation is 1. The van der Waals surface area contributed by atoms with E-state index < -0.39 is 0 Å². The van der Waals surface area contributed by atoms with Gasteiger partial charge in [-0.25, -0.2) is 0 Å². The molecule has 0 bridgehead atoms. The van der Waals surface area contributed by atoms with Crippen molar-refractivity contribution < 1.29 is 9.15 Å². The normalized spacial score (nSPS) is 11.3. The number of furan rings is 1. The minimum Gasteiger partial charge on any atom is -0.465 e. The van der Waals surface area contributed by atoms with Crippen molar-refractivity contribution >= 4 is 6.08 Å². The molecule has 1 aromatic carbocycles. The molecule has 2 aromatic rings. The molecule has 0 saturated heterocycles. The number of hydrogen-bond acceptors (Lipinski definition) is 3. The molecule has 1 N–H and O–H groups in total. The third-order valence-corrected chi connectivity index (χ3v) is 3.20. The number of ether oxygens (including phenoxy) is 1. The molecule has 0 aliphatic rings. The maximum absolute atomic E-state index is 5.68. The van der Waals surface area contributed by atoms with Gasteiger partial charge in [-0.1, -0.05) is 49.4 Å². The summed E-state index contributed by atoms with van der Waals surface area (Å²) in [6.07, 6.45) is 4.10. The number of benzene rings is 1. The fourth-order valence-corrected chi connectivity index (χ4v) is 2.05. The predicted molar refractivity (Wildman–Crippen MR) is 86.0 cm³/mol. The van der Waals surface area contributed by atoms with Gasteiger partial charge in [0.1, 0.15) is 11.5 Å². The van der Waals surface area contributed by atoms with E-state index >= 15 is 0 Å². The third-order valence-electron chi connectivity index (χ3n) is 3.20. The van der Waals surface area contributed by atoms with Crippen LogP contribution in [0, 0.1) is 6.92 Å². The van der Waals surface area contributed by atoms with Crippen molar-refractivity contribution in [1.29, 1.82) is 0 Å². The number of nitrogens with one attached hydrogen (secondary N) is 1. The van der Waals surface area contributed by atoms with Crippen LogP contribution < -0.4 is 5.32 Å². The summed E-state index contributed by atoms with van der Waals surface area (Å²) in [5.74, 6) is 1.91. The van der Waals surface area contributed by atoms with E-state index in [4.69, 9.17) is 9.15 Å². The zero-order valence-corrected chi connectivity index (χ0v) is 12.8. The second-order valence-corrected chi connectivity index (χ2v) is 4.90. The van der Waals surface area contributed by atoms with Crippen LogP contribution in [0.25, 0.3) is 6.08 Å². The lowest BCUT2D eigenvalue weighted by atomic mass is 10.2. The number of rotatable bonds is 8. The molecular formula is C18H23NO2. The zero-order chi connectivity index (χ0) is 14.9. The summed E-state index contributed by atoms with van der Waals surface area (Å²) in [6, 6.07) is 12.3. The molecule has 0 unspecified atom stereocenters. The molecule has 3 heteroatoms. The second-order valence-electron chi connectivity index (χ2n) is 4.90. The van der Waals surface area contributed by atoms with Crippen LogP contribution >= 0.6 is 0 Å². The molecule has 21 heavy (non-hydrogen) atoms. The Morgan fingerprint density at radius 2 is 2.05 bits per heavy atom. The highest BCUT2D eigenvalue weighted by Gasteiger charge is 2.06. The lowest BCUT2D eigenvalue weighted by Gasteiger charge is -1.99. The van der Waals surface area contributed by atoms with Gasteiger partial charge in [-0.05, 0) is 25.1 Å². The molecule has 0 spiro atoms. The van der Waals surface area contributed by atoms with Crippen molar-refractivity contribution in [3.8, 4) is 0 Å². The Labute approximate surface area is 126 Å². The maximum Gasteiger partial charge on any atom is 0.118 e. The predicted octanol–water partition coefficient (Wildman–Crippen LogP) is 3.93. The van der Waals surface area contributed by atoms with Crippen molar-refractivity contribution in [2.45, 2.75) is 27.0 Å². The second kappa shape index (κ2) is 8.45. The monoisotopic (exact) mass is 285 g/mol. The molecule has 0 saturated carbocycles. The van der Waals surface area contributed by atoms with Crippen LogP contribution in [-0.4, -0.2) is 13.2 Å². The van der Waals surface area contributed by atoms with Crippen LogP contribution in [0.3, 0.4) is 0 Å². The summed E-state index contributed by atoms with van der Waals surface area (Å²) < 4.78 is 11.4. The van der Waals surface area contributed by atoms with E-state index in [2.05, 4.69) is 36.5 Å². The summed E-state index contributed by atoms with van der Waals surface area (Å²) >= 11 is 0. The summed E-state index contributed by atoms with van der Waals surface area (Å²) in [5, 5.41) is 3.25. The Hall–Kier alpha value is -1.84. The van der Waals surface area contributed by atoms with Gasteiger partial charge in [-0.3, -0.25) is 0 Å². The van der Waals surface area contributed by atoms with Crippen molar-refractivity contribution in [1.82, 2.24) is 5.32 Å². The first-order valence-corrected chi connectivity index (χ1v) is 7.38. The van der Waals surface area contributed by atoms with Gasteiger partial charge >= 0.3 is 0 Å². The molecule has 0 radical (unpaired) electrons. The first-order chi connectivity index (χ1) is 10.3. The highest BCUT2D eigenvalue weighted by atomic mass is 16.5. The fraction of sp³-hybridized carbons (Fsp3) is 0.333. The summed E-state index contributed by atoms with van der Waals surface area (Å²) in [5.41, 5.74) is 2.31. The molecule has 1 heterocycles. The van der Waals surface area contributed by atoms with Gasteiger partial charge in [0.05, 0.1) is 19.8 Å². The van der Waals surface area contributed by atoms with E-state index in [-0.39, 0.29) is 0 Å². The van der Waals surface area contributed by atoms with E-state index in [9.17, 15) is 0 Å². The molecule has 0 amide bonds. The van der Waals surface area contributed by atoms with E-state index in [1.807, 2.05) is 31.2 Å². The lowest BCUT2D eigenvalue weighted by Crippen LogP contribution is -2.10. The molecular weight excluding hydrogens is 262 g/mol. The standard InChI is InChI=1S/C18H23NO2/c1-3-19-13-18-12-17(15(2)21-18)14-20-11-7-10-16-8-5-4-6-9-16/h4-10,12,19H,3,11,13-14H2,1-2H3. The van der Waals surface area contributed by atoms with Crippen molar-refractivity contribution in [2.75, 3.05) is 13.2 Å². The lowest BCUT2D eigenvalue weighted by molar-refractivity contribution is 0.148. The SMILES string of the molecule is CCNCc1cc(COCC=Cc2ccccc2)c(C)o1. The highest BCUT2D eigenvalue weighted by molar-refractivity contribution is 5.48. The van der Waals surface area contributed by atoms with Crippen LogP contribution in [0.5, 0.6) is 0 Å². The average molecular weight is 285 g/mol. The molecule has 0 aliphatic heterocycles. The molecule has 0 fully saturated rings. The smallest absolute Gasteiger partial charge is 0.118 e. The summed E-state index contributed by atoms with van der Waals surface area (Å²) in [4.78, 5) is 0. The Morgan fingerprint density at radius 3 is 2.81 bits per heavy atom. The first-order valence-electron chi connectivity index (χ1n) is 7.38. The molecule has 0 atom stereocenters. The molecule has 112 valence electrons. The first kappa shape index (κ1) is 15.5. The van der Waals surface area contributed by atoms with Crippen molar-refractivity contribution in [3.63, 3.8) is 0 Å². The van der Waals surface area contributed by atoms with Gasteiger partial charge in [-0.15, -0.1) is 0 Å². The van der Waals surface area contributed by atoms with Crippen LogP contribution in [0.2, 0.25) is 0 Å². The Morgan fingerprint density at radius 1 is 1.24 bits per heavy atom. The number of hydrogen-bond donors (Lipinski definition) is 1. The van der Waals surface area contributed by atoms with Gasteiger partial charge in [0.15, 0.2) is 0 Å². The minimum absolute atomic E-state index is 0.584. The average Bonchev–Trinajstić information content (AvgIpc) is 2.86. The third kappa shape index (κ3) is 5.21. The topological polar surface area (TPSA) is 34.4 Å². The Balaban J connectivity index is 1.76. The van der Waals surface area contributed by atoms with Crippen LogP contribution in [0.15, 0.2) is 46.9 Å². The summed E-state index contributed by atoms with van der Waals surface area (Å²) in [6.45, 7) is 6.95. The van der Waals surface area contributed by atoms with Gasteiger partial charge in [0.2, 0.25) is 0 Å². The molecule has 0 aliphatic carbocycles. The van der Waals surface area contributed by atoms with E-state index in [0.29, 0.717) is 13.2 Å². The van der Waals surface area contributed by atoms with E-state index in [1.54, 1.807) is 0 Å². The van der Waals surface area contributed by atoms with Crippen LogP contribution in [0.1, 0.15) is 29.6 Å². The highest BCUT2D eigenvalue weighted by Crippen LogP contribution is 2.15. The van der Waals surface area contributed by atoms with Crippen LogP contribution in [-0.2, 0) is 17.9 Å². The fourth-order valence-electron chi connectivity index (χ4n) is 2.05. The van der Waals surface area contributed by atoms with E-state index in [1.165, 1.54) is 5.56 Å². The Bertz CT molecular complexity index is 558. The van der Waals surface area contributed by atoms with Gasteiger partial charge < -0.3 is 14.5 Å². The van der Waals surface area contributed by atoms with E-state index in [0.717, 1.165) is 30.2 Å². The molecule has 3 nitrogen and oxygen atoms in total. The quantitative estimate of drug-likeness (QED) is 0.746. The zero-order valence-electron chi connectivity index (χ0n) is 12.8. The minimum atomic E-state index is 0.584. The van der Waals surface area contributed by atoms with Gasteiger partial charge in [-0.2, -0.15) is 0 Å². The van der Waals surface area contributed by atoms with Gasteiger partial charge in [0.25, 0.3) is 0 Å². The van der Waals surface area contributed by atoms with Crippen molar-refractivity contribution in [3.05, 3.63) is 65.1 Å². The Kier molecular flexibility index (Phi) is 6.25. The van der Waals surface area contributed by atoms with Crippen LogP contribution in [0.4, 0.5) is 0 Å². The maximum atomic E-state index is 5.68. The summed E-state index contributed by atoms with van der Waals surface area (Å²) in [7, 11) is 0. The molecule has 1 aromatic heterocycles. The molecule has 2 rings (SSSR count). The largest absolute Gasteiger partial charge is 0.465 e. The van der Waals surface area contributed by atoms with Crippen molar-refractivity contribution in [2.24, 2.45) is 0 Å².